The van der Waals surface area contributed by atoms with Gasteiger partial charge in [0.05, 0.1) is 12.2 Å². The minimum absolute atomic E-state index is 0.0714. The fourth-order valence-corrected chi connectivity index (χ4v) is 2.81. The van der Waals surface area contributed by atoms with Crippen LogP contribution in [0.25, 0.3) is 6.08 Å². The molecule has 8 heteroatoms. The third-order valence-corrected chi connectivity index (χ3v) is 4.51. The van der Waals surface area contributed by atoms with Crippen LogP contribution in [0.3, 0.4) is 0 Å². The van der Waals surface area contributed by atoms with Crippen molar-refractivity contribution in [3.05, 3.63) is 95.7 Å². The summed E-state index contributed by atoms with van der Waals surface area (Å²) in [5, 5.41) is 7.39. The molecule has 0 atom stereocenters. The number of hydrogen-bond acceptors (Lipinski definition) is 6. The number of nitrogen functional groups attached to an aromatic ring is 1. The van der Waals surface area contributed by atoms with Gasteiger partial charge in [-0.2, -0.15) is 0 Å². The highest BCUT2D eigenvalue weighted by atomic mass is 16.5. The van der Waals surface area contributed by atoms with Gasteiger partial charge in [0.15, 0.2) is 0 Å². The van der Waals surface area contributed by atoms with Gasteiger partial charge in [0.25, 0.3) is 5.91 Å². The van der Waals surface area contributed by atoms with Crippen molar-refractivity contribution in [1.82, 2.24) is 4.90 Å². The predicted molar refractivity (Wildman–Crippen MR) is 130 cm³/mol. The highest BCUT2D eigenvalue weighted by Gasteiger charge is 2.13. The van der Waals surface area contributed by atoms with Gasteiger partial charge in [0.2, 0.25) is 0 Å². The van der Waals surface area contributed by atoms with Crippen LogP contribution < -0.4 is 10.5 Å². The maximum atomic E-state index is 12.8. The third-order valence-electron chi connectivity index (χ3n) is 4.51. The lowest BCUT2D eigenvalue weighted by Gasteiger charge is -2.16. The molecular formula is C26H27N3O5. The van der Waals surface area contributed by atoms with Gasteiger partial charge in [-0.25, -0.2) is 9.59 Å². The van der Waals surface area contributed by atoms with Crippen LogP contribution in [-0.4, -0.2) is 41.7 Å². The second kappa shape index (κ2) is 12.5. The fraction of sp³-hybridized carbons (Fsp3) is 0.154. The molecule has 0 bridgehead atoms. The molecule has 0 fully saturated rings. The first kappa shape index (κ1) is 25.8. The summed E-state index contributed by atoms with van der Waals surface area (Å²) in [6, 6.07) is 12.9. The molecule has 0 aromatic heterocycles. The van der Waals surface area contributed by atoms with Crippen LogP contribution in [-0.2, 0) is 14.3 Å². The molecule has 0 aliphatic heterocycles. The number of nitrogens with zero attached hydrogens (tertiary/aromatic N) is 1. The summed E-state index contributed by atoms with van der Waals surface area (Å²) in [5.41, 5.74) is 7.42. The van der Waals surface area contributed by atoms with E-state index in [2.05, 4.69) is 6.58 Å². The number of nitrogens with two attached hydrogens (primary N) is 1. The first-order valence-corrected chi connectivity index (χ1v) is 10.5. The standard InChI is InChI=1S/C26H27N3O5/c1-4-15-29(16-14-23(30)33-5-2)25(31)18(3)17-19-6-8-21(9-7-19)26(32)34-22-12-10-20(11-13-22)24(27)28/h4,6-14,16-17H,1,5,15H2,2-3H3,(H3,27,28). The van der Waals surface area contributed by atoms with E-state index in [-0.39, 0.29) is 24.9 Å². The van der Waals surface area contributed by atoms with Gasteiger partial charge in [-0.15, -0.1) is 6.58 Å². The molecule has 2 rings (SSSR count). The van der Waals surface area contributed by atoms with Crippen molar-refractivity contribution < 1.29 is 23.9 Å². The molecule has 8 nitrogen and oxygen atoms in total. The topological polar surface area (TPSA) is 123 Å². The highest BCUT2D eigenvalue weighted by molar-refractivity contribution is 5.98. The van der Waals surface area contributed by atoms with E-state index in [0.717, 1.165) is 0 Å². The van der Waals surface area contributed by atoms with Crippen molar-refractivity contribution in [2.45, 2.75) is 13.8 Å². The van der Waals surface area contributed by atoms with Crippen LogP contribution in [0.15, 0.2) is 79.0 Å². The van der Waals surface area contributed by atoms with Crippen molar-refractivity contribution >= 4 is 29.8 Å². The number of nitrogens with one attached hydrogen (secondary N) is 1. The Hall–Kier alpha value is -4.46. The number of carbonyl (C=O) groups excluding carboxylic acids is 3. The molecule has 0 unspecified atom stereocenters. The molecule has 3 N–H and O–H groups in total. The lowest BCUT2D eigenvalue weighted by Crippen LogP contribution is -2.26. The first-order valence-electron chi connectivity index (χ1n) is 10.5. The minimum atomic E-state index is -0.542. The van der Waals surface area contributed by atoms with Crippen molar-refractivity contribution in [3.63, 3.8) is 0 Å². The number of amides is 1. The second-order valence-electron chi connectivity index (χ2n) is 7.09. The third kappa shape index (κ3) is 7.59. The normalized spacial score (nSPS) is 11.1. The fourth-order valence-electron chi connectivity index (χ4n) is 2.81. The van der Waals surface area contributed by atoms with Crippen molar-refractivity contribution in [2.24, 2.45) is 5.73 Å². The van der Waals surface area contributed by atoms with E-state index in [0.29, 0.717) is 28.0 Å². The van der Waals surface area contributed by atoms with Gasteiger partial charge in [0.1, 0.15) is 11.6 Å². The van der Waals surface area contributed by atoms with Gasteiger partial charge in [0, 0.05) is 30.0 Å². The monoisotopic (exact) mass is 461 g/mol. The molecule has 1 amide bonds. The van der Waals surface area contributed by atoms with Gasteiger partial charge < -0.3 is 20.1 Å². The smallest absolute Gasteiger partial charge is 0.343 e. The molecule has 0 saturated heterocycles. The van der Waals surface area contributed by atoms with Crippen LogP contribution in [0.2, 0.25) is 0 Å². The Morgan fingerprint density at radius 2 is 1.68 bits per heavy atom. The van der Waals surface area contributed by atoms with Crippen molar-refractivity contribution in [3.8, 4) is 5.75 Å². The van der Waals surface area contributed by atoms with Crippen LogP contribution >= 0.6 is 0 Å². The molecular weight excluding hydrogens is 434 g/mol. The van der Waals surface area contributed by atoms with E-state index in [1.54, 1.807) is 74.5 Å². The highest BCUT2D eigenvalue weighted by Crippen LogP contribution is 2.16. The molecule has 0 radical (unpaired) electrons. The maximum absolute atomic E-state index is 12.8. The van der Waals surface area contributed by atoms with Crippen molar-refractivity contribution in [1.29, 1.82) is 5.41 Å². The first-order chi connectivity index (χ1) is 16.2. The van der Waals surface area contributed by atoms with Gasteiger partial charge >= 0.3 is 11.9 Å². The van der Waals surface area contributed by atoms with Crippen LogP contribution in [0, 0.1) is 5.41 Å². The summed E-state index contributed by atoms with van der Waals surface area (Å²) >= 11 is 0. The van der Waals surface area contributed by atoms with Gasteiger partial charge in [-0.05, 0) is 61.9 Å². The molecule has 0 heterocycles. The molecule has 2 aromatic carbocycles. The van der Waals surface area contributed by atoms with Crippen LogP contribution in [0.1, 0.15) is 35.3 Å². The van der Waals surface area contributed by atoms with Crippen LogP contribution in [0.5, 0.6) is 5.75 Å². The minimum Gasteiger partial charge on any atom is -0.463 e. The Morgan fingerprint density at radius 3 is 2.24 bits per heavy atom. The molecule has 2 aromatic rings. The zero-order valence-electron chi connectivity index (χ0n) is 19.1. The molecule has 0 spiro atoms. The number of hydrogen-bond donors (Lipinski definition) is 2. The molecule has 34 heavy (non-hydrogen) atoms. The number of benzene rings is 2. The van der Waals surface area contributed by atoms with Gasteiger partial charge in [-0.1, -0.05) is 18.2 Å². The SMILES string of the molecule is C=CCN(C=CC(=O)OCC)C(=O)C(C)=Cc1ccc(C(=O)Oc2ccc(C(=N)N)cc2)cc1. The van der Waals surface area contributed by atoms with E-state index in [4.69, 9.17) is 20.6 Å². The number of esters is 2. The Bertz CT molecular complexity index is 1120. The van der Waals surface area contributed by atoms with E-state index < -0.39 is 11.9 Å². The Kier molecular flexibility index (Phi) is 9.52. The largest absolute Gasteiger partial charge is 0.463 e. The molecule has 0 saturated carbocycles. The quantitative estimate of drug-likeness (QED) is 0.139. The second-order valence-corrected chi connectivity index (χ2v) is 7.09. The lowest BCUT2D eigenvalue weighted by atomic mass is 10.1. The van der Waals surface area contributed by atoms with Crippen LogP contribution in [0.4, 0.5) is 0 Å². The Morgan fingerprint density at radius 1 is 1.06 bits per heavy atom. The summed E-state index contributed by atoms with van der Waals surface area (Å²) in [5.74, 6) is -1.13. The summed E-state index contributed by atoms with van der Waals surface area (Å²) in [6.45, 7) is 7.45. The average molecular weight is 462 g/mol. The van der Waals surface area contributed by atoms with E-state index in [9.17, 15) is 14.4 Å². The molecule has 0 aliphatic rings. The zero-order chi connectivity index (χ0) is 25.1. The van der Waals surface area contributed by atoms with Gasteiger partial charge in [-0.3, -0.25) is 10.2 Å². The Labute approximate surface area is 198 Å². The van der Waals surface area contributed by atoms with E-state index in [1.807, 2.05) is 0 Å². The predicted octanol–water partition coefficient (Wildman–Crippen LogP) is 3.68. The molecule has 0 aliphatic carbocycles. The maximum Gasteiger partial charge on any atom is 0.343 e. The summed E-state index contributed by atoms with van der Waals surface area (Å²) in [4.78, 5) is 38.0. The van der Waals surface area contributed by atoms with E-state index in [1.165, 1.54) is 17.2 Å². The number of amidine groups is 1. The number of ether oxygens (including phenoxy) is 2. The summed E-state index contributed by atoms with van der Waals surface area (Å²) in [7, 11) is 0. The zero-order valence-corrected chi connectivity index (χ0v) is 19.1. The summed E-state index contributed by atoms with van der Waals surface area (Å²) < 4.78 is 10.2. The molecule has 176 valence electrons. The number of carbonyl (C=O) groups is 3. The van der Waals surface area contributed by atoms with E-state index >= 15 is 0 Å². The van der Waals surface area contributed by atoms with Crippen molar-refractivity contribution in [2.75, 3.05) is 13.2 Å². The lowest BCUT2D eigenvalue weighted by molar-refractivity contribution is -0.137. The number of rotatable bonds is 10. The Balaban J connectivity index is 2.08. The average Bonchev–Trinajstić information content (AvgIpc) is 2.82. The summed E-state index contributed by atoms with van der Waals surface area (Å²) in [6.07, 6.45) is 5.77.